The molecule has 1 aromatic carbocycles. The highest BCUT2D eigenvalue weighted by Crippen LogP contribution is 2.24. The first kappa shape index (κ1) is 19.8. The van der Waals surface area contributed by atoms with E-state index in [1.807, 2.05) is 0 Å². The standard InChI is InChI=1S/C15H17F3O6/c1-14(2,3)24-11-8-9(4-5-10(11)16)12(19)22-6-7-23-15(17,18)13(20)21/h4-5,8H,6-7H2,1-3H3,(H,20,21). The van der Waals surface area contributed by atoms with E-state index in [2.05, 4.69) is 9.47 Å². The van der Waals surface area contributed by atoms with Gasteiger partial charge in [0.05, 0.1) is 12.2 Å². The van der Waals surface area contributed by atoms with Crippen LogP contribution in [-0.4, -0.2) is 42.0 Å². The molecule has 0 aliphatic rings. The smallest absolute Gasteiger partial charge is 0.456 e. The zero-order chi connectivity index (χ0) is 18.5. The number of rotatable bonds is 7. The molecule has 6 nitrogen and oxygen atoms in total. The monoisotopic (exact) mass is 350 g/mol. The number of aliphatic carboxylic acids is 1. The molecular formula is C15H17F3O6. The molecule has 0 radical (unpaired) electrons. The molecule has 0 aliphatic heterocycles. The highest BCUT2D eigenvalue weighted by atomic mass is 19.3. The molecule has 1 aromatic rings. The maximum Gasteiger partial charge on any atom is 0.456 e. The number of carbonyl (C=O) groups is 2. The first-order valence-corrected chi connectivity index (χ1v) is 6.83. The summed E-state index contributed by atoms with van der Waals surface area (Å²) in [6, 6.07) is 3.27. The molecule has 0 heterocycles. The summed E-state index contributed by atoms with van der Waals surface area (Å²) < 4.78 is 52.7. The van der Waals surface area contributed by atoms with Crippen molar-refractivity contribution in [1.29, 1.82) is 0 Å². The lowest BCUT2D eigenvalue weighted by Gasteiger charge is -2.21. The Kier molecular flexibility index (Phi) is 6.19. The van der Waals surface area contributed by atoms with Crippen LogP contribution in [0.4, 0.5) is 13.2 Å². The number of alkyl halides is 2. The van der Waals surface area contributed by atoms with E-state index in [-0.39, 0.29) is 11.3 Å². The van der Waals surface area contributed by atoms with E-state index in [4.69, 9.17) is 9.84 Å². The van der Waals surface area contributed by atoms with Crippen molar-refractivity contribution in [2.75, 3.05) is 13.2 Å². The Bertz CT molecular complexity index is 610. The highest BCUT2D eigenvalue weighted by molar-refractivity contribution is 5.89. The second kappa shape index (κ2) is 7.52. The fourth-order valence-corrected chi connectivity index (χ4v) is 1.49. The fraction of sp³-hybridized carbons (Fsp3) is 0.467. The number of halogens is 3. The number of hydrogen-bond acceptors (Lipinski definition) is 5. The van der Waals surface area contributed by atoms with Gasteiger partial charge in [-0.25, -0.2) is 14.0 Å². The fourth-order valence-electron chi connectivity index (χ4n) is 1.49. The molecule has 0 atom stereocenters. The van der Waals surface area contributed by atoms with Crippen molar-refractivity contribution in [2.45, 2.75) is 32.5 Å². The van der Waals surface area contributed by atoms with Crippen molar-refractivity contribution in [3.8, 4) is 5.75 Å². The zero-order valence-corrected chi connectivity index (χ0v) is 13.3. The van der Waals surface area contributed by atoms with Gasteiger partial charge in [-0.15, -0.1) is 0 Å². The van der Waals surface area contributed by atoms with Gasteiger partial charge < -0.3 is 19.3 Å². The van der Waals surface area contributed by atoms with Crippen LogP contribution in [0, 0.1) is 5.82 Å². The third-order valence-corrected chi connectivity index (χ3v) is 2.43. The van der Waals surface area contributed by atoms with Gasteiger partial charge in [0.2, 0.25) is 0 Å². The van der Waals surface area contributed by atoms with Crippen LogP contribution in [0.2, 0.25) is 0 Å². The Labute approximate surface area is 136 Å². The molecule has 0 saturated carbocycles. The summed E-state index contributed by atoms with van der Waals surface area (Å²) in [5.74, 6) is -4.20. The normalized spacial score (nSPS) is 11.9. The molecule has 0 amide bonds. The average molecular weight is 350 g/mol. The highest BCUT2D eigenvalue weighted by Gasteiger charge is 2.40. The number of ether oxygens (including phenoxy) is 3. The molecule has 0 saturated heterocycles. The summed E-state index contributed by atoms with van der Waals surface area (Å²) in [6.45, 7) is 3.65. The van der Waals surface area contributed by atoms with Crippen molar-refractivity contribution in [3.05, 3.63) is 29.6 Å². The SMILES string of the molecule is CC(C)(C)Oc1cc(C(=O)OCCOC(F)(F)C(=O)O)ccc1F. The van der Waals surface area contributed by atoms with E-state index in [1.54, 1.807) is 20.8 Å². The molecule has 134 valence electrons. The van der Waals surface area contributed by atoms with Crippen LogP contribution in [0.15, 0.2) is 18.2 Å². The van der Waals surface area contributed by atoms with Crippen LogP contribution >= 0.6 is 0 Å². The van der Waals surface area contributed by atoms with E-state index in [0.29, 0.717) is 0 Å². The molecule has 0 aromatic heterocycles. The summed E-state index contributed by atoms with van der Waals surface area (Å²) >= 11 is 0. The Hall–Kier alpha value is -2.29. The van der Waals surface area contributed by atoms with Crippen molar-refractivity contribution >= 4 is 11.9 Å². The molecule has 1 N–H and O–H groups in total. The van der Waals surface area contributed by atoms with Gasteiger partial charge in [0, 0.05) is 0 Å². The number of carboxylic acid groups (broad SMARTS) is 1. The van der Waals surface area contributed by atoms with E-state index >= 15 is 0 Å². The third-order valence-electron chi connectivity index (χ3n) is 2.43. The summed E-state index contributed by atoms with van der Waals surface area (Å²) in [5.41, 5.74) is -0.750. The van der Waals surface area contributed by atoms with Crippen LogP contribution < -0.4 is 4.74 Å². The van der Waals surface area contributed by atoms with Crippen LogP contribution in [0.3, 0.4) is 0 Å². The first-order valence-electron chi connectivity index (χ1n) is 6.83. The van der Waals surface area contributed by atoms with Crippen LogP contribution in [0.5, 0.6) is 5.75 Å². The minimum atomic E-state index is -4.37. The predicted molar refractivity (Wildman–Crippen MR) is 75.6 cm³/mol. The van der Waals surface area contributed by atoms with Gasteiger partial charge in [-0.1, -0.05) is 0 Å². The second-order valence-electron chi connectivity index (χ2n) is 5.67. The number of esters is 1. The minimum absolute atomic E-state index is 0.0550. The third kappa shape index (κ3) is 6.07. The number of carbonyl (C=O) groups excluding carboxylic acids is 1. The Balaban J connectivity index is 2.63. The van der Waals surface area contributed by atoms with Crippen molar-refractivity contribution in [1.82, 2.24) is 0 Å². The predicted octanol–water partition coefficient (Wildman–Crippen LogP) is 2.85. The lowest BCUT2D eigenvalue weighted by Crippen LogP contribution is -2.33. The zero-order valence-electron chi connectivity index (χ0n) is 13.3. The summed E-state index contributed by atoms with van der Waals surface area (Å²) in [5, 5.41) is 8.14. The van der Waals surface area contributed by atoms with E-state index < -0.39 is 42.7 Å². The Morgan fingerprint density at radius 2 is 1.79 bits per heavy atom. The largest absolute Gasteiger partial charge is 0.485 e. The molecule has 0 unspecified atom stereocenters. The second-order valence-corrected chi connectivity index (χ2v) is 5.67. The number of hydrogen-bond donors (Lipinski definition) is 1. The van der Waals surface area contributed by atoms with Crippen molar-refractivity contribution in [3.63, 3.8) is 0 Å². The van der Waals surface area contributed by atoms with Gasteiger partial charge in [0.1, 0.15) is 12.2 Å². The molecule has 0 bridgehead atoms. The van der Waals surface area contributed by atoms with E-state index in [9.17, 15) is 22.8 Å². The molecule has 1 rings (SSSR count). The first-order chi connectivity index (χ1) is 10.9. The molecular weight excluding hydrogens is 333 g/mol. The quantitative estimate of drug-likeness (QED) is 0.601. The lowest BCUT2D eigenvalue weighted by atomic mass is 10.1. The van der Waals surface area contributed by atoms with Crippen molar-refractivity contribution in [2.24, 2.45) is 0 Å². The average Bonchev–Trinajstić information content (AvgIpc) is 2.44. The maximum atomic E-state index is 13.6. The Morgan fingerprint density at radius 3 is 2.33 bits per heavy atom. The molecule has 24 heavy (non-hydrogen) atoms. The van der Waals surface area contributed by atoms with Gasteiger partial charge in [0.15, 0.2) is 11.6 Å². The van der Waals surface area contributed by atoms with E-state index in [1.165, 1.54) is 0 Å². The van der Waals surface area contributed by atoms with Gasteiger partial charge in [-0.3, -0.25) is 0 Å². The molecule has 0 spiro atoms. The minimum Gasteiger partial charge on any atom is -0.485 e. The Morgan fingerprint density at radius 1 is 1.17 bits per heavy atom. The van der Waals surface area contributed by atoms with Gasteiger partial charge in [-0.2, -0.15) is 8.78 Å². The maximum absolute atomic E-state index is 13.6. The summed E-state index contributed by atoms with van der Waals surface area (Å²) in [4.78, 5) is 21.9. The van der Waals surface area contributed by atoms with Gasteiger partial charge >= 0.3 is 18.0 Å². The molecule has 0 aliphatic carbocycles. The van der Waals surface area contributed by atoms with Crippen molar-refractivity contribution < 1.29 is 42.1 Å². The van der Waals surface area contributed by atoms with Gasteiger partial charge in [0.25, 0.3) is 0 Å². The summed E-state index contributed by atoms with van der Waals surface area (Å²) in [7, 11) is 0. The molecule has 0 fully saturated rings. The lowest BCUT2D eigenvalue weighted by molar-refractivity contribution is -0.247. The summed E-state index contributed by atoms with van der Waals surface area (Å²) in [6.07, 6.45) is -4.37. The number of carboxylic acids is 1. The number of benzene rings is 1. The topological polar surface area (TPSA) is 82.1 Å². The van der Waals surface area contributed by atoms with Crippen LogP contribution in [0.25, 0.3) is 0 Å². The van der Waals surface area contributed by atoms with Crippen LogP contribution in [0.1, 0.15) is 31.1 Å². The molecule has 9 heteroatoms. The van der Waals surface area contributed by atoms with Gasteiger partial charge in [-0.05, 0) is 39.0 Å². The van der Waals surface area contributed by atoms with E-state index in [0.717, 1.165) is 18.2 Å². The van der Waals surface area contributed by atoms with Crippen LogP contribution in [-0.2, 0) is 14.3 Å².